The number of benzene rings is 3. The second-order valence-corrected chi connectivity index (χ2v) is 12.0. The first-order valence-corrected chi connectivity index (χ1v) is 14.7. The largest absolute Gasteiger partial charge is 0.507 e. The smallest absolute Gasteiger partial charge is 0.228 e. The van der Waals surface area contributed by atoms with E-state index in [1.807, 2.05) is 56.8 Å². The summed E-state index contributed by atoms with van der Waals surface area (Å²) in [4.78, 5) is 17.6. The summed E-state index contributed by atoms with van der Waals surface area (Å²) in [6.07, 6.45) is 5.38. The number of ether oxygens (including phenoxy) is 1. The molecule has 41 heavy (non-hydrogen) atoms. The summed E-state index contributed by atoms with van der Waals surface area (Å²) in [7, 11) is 0. The summed E-state index contributed by atoms with van der Waals surface area (Å²) in [6.45, 7) is 8.21. The van der Waals surface area contributed by atoms with Gasteiger partial charge in [-0.1, -0.05) is 12.1 Å². The Kier molecular flexibility index (Phi) is 11.0. The van der Waals surface area contributed by atoms with Crippen molar-refractivity contribution in [2.24, 2.45) is 16.5 Å². The summed E-state index contributed by atoms with van der Waals surface area (Å²) in [5, 5.41) is 13.4. The van der Waals surface area contributed by atoms with Crippen molar-refractivity contribution >= 4 is 47.4 Å². The van der Waals surface area contributed by atoms with E-state index in [1.54, 1.807) is 12.1 Å². The van der Waals surface area contributed by atoms with Gasteiger partial charge in [-0.2, -0.15) is 0 Å². The van der Waals surface area contributed by atoms with Crippen molar-refractivity contribution in [1.29, 1.82) is 0 Å². The van der Waals surface area contributed by atoms with Crippen LogP contribution in [0.1, 0.15) is 60.4 Å². The molecule has 0 saturated carbocycles. The first-order valence-electron chi connectivity index (χ1n) is 13.8. The summed E-state index contributed by atoms with van der Waals surface area (Å²) >= 11 is 1.83. The summed E-state index contributed by atoms with van der Waals surface area (Å²) in [6, 6.07) is 15.2. The van der Waals surface area contributed by atoms with Crippen LogP contribution >= 0.6 is 24.2 Å². The highest BCUT2D eigenvalue weighted by molar-refractivity contribution is 7.99. The van der Waals surface area contributed by atoms with Gasteiger partial charge in [0.05, 0.1) is 12.1 Å². The molecule has 0 aliphatic carbocycles. The Morgan fingerprint density at radius 3 is 2.37 bits per heavy atom. The second-order valence-electron chi connectivity index (χ2n) is 10.8. The summed E-state index contributed by atoms with van der Waals surface area (Å²) in [5.74, 6) is 2.34. The lowest BCUT2D eigenvalue weighted by molar-refractivity contribution is -0.115. The highest BCUT2D eigenvalue weighted by Crippen LogP contribution is 2.44. The molecule has 0 spiro atoms. The van der Waals surface area contributed by atoms with Crippen LogP contribution < -0.4 is 21.5 Å². The predicted octanol–water partition coefficient (Wildman–Crippen LogP) is 6.87. The molecule has 3 aromatic rings. The van der Waals surface area contributed by atoms with Gasteiger partial charge in [-0.3, -0.25) is 4.79 Å². The Labute approximate surface area is 253 Å². The van der Waals surface area contributed by atoms with E-state index < -0.39 is 0 Å². The van der Waals surface area contributed by atoms with Crippen LogP contribution in [0.15, 0.2) is 58.4 Å². The van der Waals surface area contributed by atoms with Gasteiger partial charge >= 0.3 is 0 Å². The molecule has 220 valence electrons. The van der Waals surface area contributed by atoms with Crippen LogP contribution in [0.3, 0.4) is 0 Å². The number of nitrogens with one attached hydrogen (secondary N) is 1. The maximum atomic E-state index is 12.5. The number of hydrogen-bond acceptors (Lipinski definition) is 5. The fraction of sp³-hybridized carbons (Fsp3) is 0.375. The summed E-state index contributed by atoms with van der Waals surface area (Å²) < 4.78 is 6.57. The Morgan fingerprint density at radius 2 is 1.71 bits per heavy atom. The van der Waals surface area contributed by atoms with Gasteiger partial charge in [-0.25, -0.2) is 4.99 Å². The third-order valence-corrected chi connectivity index (χ3v) is 8.76. The van der Waals surface area contributed by atoms with Gasteiger partial charge in [0.1, 0.15) is 17.1 Å². The lowest BCUT2D eigenvalue weighted by Gasteiger charge is -2.38. The molecule has 1 amide bonds. The molecule has 4 rings (SSSR count). The Bertz CT molecular complexity index is 1390. The number of carbonyl (C=O) groups is 1. The van der Waals surface area contributed by atoms with E-state index in [1.165, 1.54) is 4.90 Å². The van der Waals surface area contributed by atoms with Crippen molar-refractivity contribution in [3.63, 3.8) is 0 Å². The van der Waals surface area contributed by atoms with Crippen LogP contribution in [-0.2, 0) is 17.6 Å². The Balaban J connectivity index is 0.00000462. The van der Waals surface area contributed by atoms with E-state index in [0.717, 1.165) is 77.1 Å². The number of phenolic OH excluding ortho intramolecular Hbond substituents is 1. The minimum absolute atomic E-state index is 0. The molecule has 9 heteroatoms. The number of hydrogen-bond donors (Lipinski definition) is 4. The minimum atomic E-state index is -0.174. The van der Waals surface area contributed by atoms with Gasteiger partial charge in [-0.05, 0) is 124 Å². The number of halogens is 1. The number of fused-ring (bicyclic) bond motifs is 1. The fourth-order valence-corrected chi connectivity index (χ4v) is 6.04. The maximum absolute atomic E-state index is 12.5. The first-order chi connectivity index (χ1) is 19.0. The van der Waals surface area contributed by atoms with E-state index in [0.29, 0.717) is 11.4 Å². The molecule has 1 heterocycles. The van der Waals surface area contributed by atoms with Crippen molar-refractivity contribution < 1.29 is 14.6 Å². The number of nitrogens with two attached hydrogens (primary N) is 2. The van der Waals surface area contributed by atoms with E-state index in [4.69, 9.17) is 16.2 Å². The molecule has 1 aliphatic heterocycles. The van der Waals surface area contributed by atoms with Crippen molar-refractivity contribution in [3.05, 3.63) is 76.3 Å². The predicted molar refractivity (Wildman–Crippen MR) is 172 cm³/mol. The van der Waals surface area contributed by atoms with Crippen molar-refractivity contribution in [2.45, 2.75) is 76.7 Å². The van der Waals surface area contributed by atoms with Crippen LogP contribution in [0.2, 0.25) is 0 Å². The lowest BCUT2D eigenvalue weighted by Crippen LogP contribution is -2.37. The van der Waals surface area contributed by atoms with Crippen molar-refractivity contribution in [1.82, 2.24) is 0 Å². The van der Waals surface area contributed by atoms with Crippen LogP contribution in [-0.4, -0.2) is 28.3 Å². The van der Waals surface area contributed by atoms with Crippen LogP contribution in [0, 0.1) is 20.8 Å². The number of aliphatic imine (C=N–C) groups is 1. The third kappa shape index (κ3) is 8.33. The van der Waals surface area contributed by atoms with Gasteiger partial charge in [0.2, 0.25) is 5.91 Å². The molecule has 0 fully saturated rings. The molecule has 1 unspecified atom stereocenters. The Hall–Kier alpha value is -3.36. The standard InChI is InChI=1S/C32H40N4O3S.ClH/c1-20-21(2)30-27(22(3)29(20)38)15-17-32(4,39-30)16-5-6-18-40-26-13-11-24(12-14-26)35-28(37)19-23-7-9-25(10-8-23)36-31(33)34;/h7-14,38H,5-6,15-19H2,1-4H3,(H,35,37)(H4,33,34,36);1H. The number of aromatic hydroxyl groups is 1. The van der Waals surface area contributed by atoms with Gasteiger partial charge in [0.15, 0.2) is 5.96 Å². The van der Waals surface area contributed by atoms with E-state index in [9.17, 15) is 9.90 Å². The molecular weight excluding hydrogens is 556 g/mol. The number of nitrogens with zero attached hydrogens (tertiary/aromatic N) is 1. The van der Waals surface area contributed by atoms with Gasteiger partial charge in [0, 0.05) is 16.1 Å². The van der Waals surface area contributed by atoms with E-state index >= 15 is 0 Å². The van der Waals surface area contributed by atoms with E-state index in [2.05, 4.69) is 29.4 Å². The molecular formula is C32H41ClN4O3S. The Morgan fingerprint density at radius 1 is 1.02 bits per heavy atom. The van der Waals surface area contributed by atoms with Gasteiger partial charge in [-0.15, -0.1) is 24.2 Å². The second kappa shape index (κ2) is 14.0. The first kappa shape index (κ1) is 32.2. The average Bonchev–Trinajstić information content (AvgIpc) is 2.92. The zero-order valence-corrected chi connectivity index (χ0v) is 25.9. The molecule has 0 saturated heterocycles. The number of guanidine groups is 1. The molecule has 1 atom stereocenters. The number of carbonyl (C=O) groups excluding carboxylic acids is 1. The lowest BCUT2D eigenvalue weighted by atomic mass is 9.85. The molecule has 0 aromatic heterocycles. The molecule has 0 bridgehead atoms. The van der Waals surface area contributed by atoms with Crippen molar-refractivity contribution in [2.75, 3.05) is 11.1 Å². The quantitative estimate of drug-likeness (QED) is 0.0876. The number of amides is 1. The third-order valence-electron chi connectivity index (χ3n) is 7.66. The topological polar surface area (TPSA) is 123 Å². The zero-order valence-electron chi connectivity index (χ0n) is 24.3. The number of rotatable bonds is 10. The normalized spacial score (nSPS) is 15.7. The molecule has 1 aliphatic rings. The molecule has 7 nitrogen and oxygen atoms in total. The number of phenols is 1. The average molecular weight is 597 g/mol. The monoisotopic (exact) mass is 596 g/mol. The van der Waals surface area contributed by atoms with Gasteiger partial charge < -0.3 is 26.6 Å². The highest BCUT2D eigenvalue weighted by atomic mass is 35.5. The molecule has 0 radical (unpaired) electrons. The summed E-state index contributed by atoms with van der Waals surface area (Å²) in [5.41, 5.74) is 17.0. The number of anilines is 1. The molecule has 6 N–H and O–H groups in total. The maximum Gasteiger partial charge on any atom is 0.228 e. The number of thioether (sulfide) groups is 1. The minimum Gasteiger partial charge on any atom is -0.507 e. The molecule has 3 aromatic carbocycles. The van der Waals surface area contributed by atoms with E-state index in [-0.39, 0.29) is 36.3 Å². The van der Waals surface area contributed by atoms with Crippen LogP contribution in [0.4, 0.5) is 11.4 Å². The zero-order chi connectivity index (χ0) is 28.9. The highest BCUT2D eigenvalue weighted by Gasteiger charge is 2.34. The SMILES string of the molecule is Cc1c(C)c2c(c(C)c1O)CCC(C)(CCCCSc1ccc(NC(=O)Cc3ccc(N=C(N)N)cc3)cc1)O2.Cl. The van der Waals surface area contributed by atoms with Crippen molar-refractivity contribution in [3.8, 4) is 11.5 Å². The van der Waals surface area contributed by atoms with Gasteiger partial charge in [0.25, 0.3) is 0 Å². The number of unbranched alkanes of at least 4 members (excludes halogenated alkanes) is 1. The fourth-order valence-electron chi connectivity index (χ4n) is 5.12. The van der Waals surface area contributed by atoms with Crippen LogP contribution in [0.25, 0.3) is 0 Å². The van der Waals surface area contributed by atoms with Crippen LogP contribution in [0.5, 0.6) is 11.5 Å².